The summed E-state index contributed by atoms with van der Waals surface area (Å²) in [5.41, 5.74) is 8.57. The second-order valence-electron chi connectivity index (χ2n) is 7.33. The topological polar surface area (TPSA) is 123 Å². The van der Waals surface area contributed by atoms with Gasteiger partial charge in [0.1, 0.15) is 11.2 Å². The van der Waals surface area contributed by atoms with E-state index >= 15 is 0 Å². The van der Waals surface area contributed by atoms with Gasteiger partial charge in [-0.15, -0.1) is 11.3 Å². The van der Waals surface area contributed by atoms with Crippen molar-refractivity contribution in [3.63, 3.8) is 0 Å². The molecule has 0 spiro atoms. The molecule has 1 aliphatic rings. The molecule has 30 heavy (non-hydrogen) atoms. The zero-order valence-electron chi connectivity index (χ0n) is 16.9. The van der Waals surface area contributed by atoms with Gasteiger partial charge >= 0.3 is 0 Å². The minimum atomic E-state index is -0.552. The van der Waals surface area contributed by atoms with E-state index in [1.165, 1.54) is 11.3 Å². The van der Waals surface area contributed by atoms with Crippen molar-refractivity contribution in [3.05, 3.63) is 45.8 Å². The highest BCUT2D eigenvalue weighted by atomic mass is 32.1. The van der Waals surface area contributed by atoms with E-state index in [1.54, 1.807) is 12.1 Å². The zero-order valence-corrected chi connectivity index (χ0v) is 17.7. The summed E-state index contributed by atoms with van der Waals surface area (Å²) in [5.74, 6) is -0.983. The first-order valence-electron chi connectivity index (χ1n) is 9.60. The lowest BCUT2D eigenvalue weighted by Crippen LogP contribution is -2.21. The van der Waals surface area contributed by atoms with Gasteiger partial charge in [-0.05, 0) is 49.8 Å². The smallest absolute Gasteiger partial charge is 0.270 e. The number of rotatable bonds is 7. The molecule has 0 fully saturated rings. The Kier molecular flexibility index (Phi) is 6.83. The molecule has 1 aromatic carbocycles. The number of thiophene rings is 1. The molecular weight excluding hydrogens is 404 g/mol. The molecule has 0 bridgehead atoms. The molecule has 4 N–H and O–H groups in total. The molecule has 3 amide bonds. The third-order valence-electron chi connectivity index (χ3n) is 4.77. The standard InChI is InChI=1S/C21H24N4O4S/c1-12-3-6-14(7-4-12)24-17(26)10-23-29-11-18(27)25-21-19(20(22)28)15-8-5-13(2)9-16(15)30-21/h3-4,6-7,10,13H,5,8-9,11H2,1-2H3,(H2,22,28)(H,24,26)(H,25,27)/b23-10+. The van der Waals surface area contributed by atoms with E-state index in [0.29, 0.717) is 22.2 Å². The first-order chi connectivity index (χ1) is 14.3. The summed E-state index contributed by atoms with van der Waals surface area (Å²) in [6, 6.07) is 7.29. The Morgan fingerprint density at radius 3 is 2.70 bits per heavy atom. The van der Waals surface area contributed by atoms with Gasteiger partial charge in [-0.2, -0.15) is 0 Å². The zero-order chi connectivity index (χ0) is 21.7. The Morgan fingerprint density at radius 1 is 1.27 bits per heavy atom. The maximum absolute atomic E-state index is 12.2. The molecule has 0 radical (unpaired) electrons. The Bertz CT molecular complexity index is 982. The molecule has 8 nitrogen and oxygen atoms in total. The monoisotopic (exact) mass is 428 g/mol. The van der Waals surface area contributed by atoms with Gasteiger partial charge in [-0.1, -0.05) is 29.8 Å². The van der Waals surface area contributed by atoms with E-state index in [9.17, 15) is 14.4 Å². The number of nitrogens with one attached hydrogen (secondary N) is 2. The Balaban J connectivity index is 1.52. The summed E-state index contributed by atoms with van der Waals surface area (Å²) in [7, 11) is 0. The molecule has 1 aliphatic carbocycles. The van der Waals surface area contributed by atoms with E-state index in [1.807, 2.05) is 19.1 Å². The van der Waals surface area contributed by atoms with Gasteiger partial charge in [-0.3, -0.25) is 14.4 Å². The van der Waals surface area contributed by atoms with E-state index in [4.69, 9.17) is 10.6 Å². The van der Waals surface area contributed by atoms with E-state index in [0.717, 1.165) is 41.5 Å². The largest absolute Gasteiger partial charge is 0.385 e. The van der Waals surface area contributed by atoms with Crippen LogP contribution in [0.3, 0.4) is 0 Å². The predicted molar refractivity (Wildman–Crippen MR) is 117 cm³/mol. The van der Waals surface area contributed by atoms with Crippen molar-refractivity contribution in [1.82, 2.24) is 0 Å². The van der Waals surface area contributed by atoms with Crippen LogP contribution in [0.1, 0.15) is 39.7 Å². The van der Waals surface area contributed by atoms with Crippen LogP contribution in [0.2, 0.25) is 0 Å². The molecule has 0 aliphatic heterocycles. The lowest BCUT2D eigenvalue weighted by atomic mass is 9.88. The van der Waals surface area contributed by atoms with Gasteiger partial charge in [0.05, 0.1) is 5.56 Å². The maximum Gasteiger partial charge on any atom is 0.270 e. The fourth-order valence-electron chi connectivity index (χ4n) is 3.25. The third-order valence-corrected chi connectivity index (χ3v) is 5.94. The van der Waals surface area contributed by atoms with Crippen LogP contribution in [0.15, 0.2) is 29.4 Å². The number of oxime groups is 1. The Labute approximate surface area is 178 Å². The van der Waals surface area contributed by atoms with Crippen molar-refractivity contribution < 1.29 is 19.2 Å². The number of fused-ring (bicyclic) bond motifs is 1. The number of benzene rings is 1. The molecule has 158 valence electrons. The van der Waals surface area contributed by atoms with Crippen molar-refractivity contribution in [2.24, 2.45) is 16.8 Å². The second kappa shape index (κ2) is 9.53. The number of anilines is 2. The van der Waals surface area contributed by atoms with Crippen molar-refractivity contribution in [2.75, 3.05) is 17.2 Å². The quantitative estimate of drug-likeness (QED) is 0.463. The molecule has 2 aromatic rings. The van der Waals surface area contributed by atoms with Crippen LogP contribution in [0.5, 0.6) is 0 Å². The molecule has 1 heterocycles. The Morgan fingerprint density at radius 2 is 2.00 bits per heavy atom. The van der Waals surface area contributed by atoms with Crippen LogP contribution in [0.25, 0.3) is 0 Å². The normalized spacial score (nSPS) is 15.5. The summed E-state index contributed by atoms with van der Waals surface area (Å²) < 4.78 is 0. The number of hydrogen-bond acceptors (Lipinski definition) is 6. The van der Waals surface area contributed by atoms with Crippen molar-refractivity contribution in [1.29, 1.82) is 0 Å². The summed E-state index contributed by atoms with van der Waals surface area (Å²) >= 11 is 1.38. The molecule has 1 atom stereocenters. The van der Waals surface area contributed by atoms with Crippen LogP contribution in [0.4, 0.5) is 10.7 Å². The molecule has 1 aromatic heterocycles. The van der Waals surface area contributed by atoms with Crippen LogP contribution < -0.4 is 16.4 Å². The molecule has 0 saturated heterocycles. The average molecular weight is 429 g/mol. The molecule has 0 saturated carbocycles. The highest BCUT2D eigenvalue weighted by Crippen LogP contribution is 2.39. The number of aryl methyl sites for hydroxylation is 1. The van der Waals surface area contributed by atoms with Gasteiger partial charge in [0.2, 0.25) is 0 Å². The molecule has 9 heteroatoms. The first kappa shape index (κ1) is 21.5. The highest BCUT2D eigenvalue weighted by molar-refractivity contribution is 7.17. The molecule has 1 unspecified atom stereocenters. The van der Waals surface area contributed by atoms with Crippen LogP contribution in [-0.4, -0.2) is 30.5 Å². The third kappa shape index (κ3) is 5.44. The average Bonchev–Trinajstić information content (AvgIpc) is 3.04. The van der Waals surface area contributed by atoms with Crippen LogP contribution in [0, 0.1) is 12.8 Å². The number of carbonyl (C=O) groups excluding carboxylic acids is 3. The Hall–Kier alpha value is -3.20. The number of nitrogens with two attached hydrogens (primary N) is 1. The number of nitrogens with zero attached hydrogens (tertiary/aromatic N) is 1. The lowest BCUT2D eigenvalue weighted by Gasteiger charge is -2.18. The summed E-state index contributed by atoms with van der Waals surface area (Å²) in [6.45, 7) is 3.71. The van der Waals surface area contributed by atoms with Gasteiger partial charge in [0, 0.05) is 10.6 Å². The summed E-state index contributed by atoms with van der Waals surface area (Å²) in [6.07, 6.45) is 3.58. The van der Waals surface area contributed by atoms with E-state index in [-0.39, 0.29) is 0 Å². The fourth-order valence-corrected chi connectivity index (χ4v) is 4.69. The fraction of sp³-hybridized carbons (Fsp3) is 0.333. The number of carbonyl (C=O) groups is 3. The number of amides is 3. The van der Waals surface area contributed by atoms with Gasteiger partial charge in [-0.25, -0.2) is 0 Å². The van der Waals surface area contributed by atoms with Crippen LogP contribution >= 0.6 is 11.3 Å². The minimum Gasteiger partial charge on any atom is -0.385 e. The van der Waals surface area contributed by atoms with E-state index < -0.39 is 24.3 Å². The van der Waals surface area contributed by atoms with E-state index in [2.05, 4.69) is 22.7 Å². The SMILES string of the molecule is Cc1ccc(NC(=O)/C=N/OCC(=O)Nc2sc3c(c2C(N)=O)CCC(C)C3)cc1. The van der Waals surface area contributed by atoms with Gasteiger partial charge < -0.3 is 21.2 Å². The van der Waals surface area contributed by atoms with Crippen molar-refractivity contribution in [2.45, 2.75) is 33.1 Å². The first-order valence-corrected chi connectivity index (χ1v) is 10.4. The summed E-state index contributed by atoms with van der Waals surface area (Å²) in [5, 5.41) is 9.26. The minimum absolute atomic E-state index is 0.385. The second-order valence-corrected chi connectivity index (χ2v) is 8.44. The van der Waals surface area contributed by atoms with Crippen molar-refractivity contribution >= 4 is 46.0 Å². The lowest BCUT2D eigenvalue weighted by molar-refractivity contribution is -0.120. The van der Waals surface area contributed by atoms with Gasteiger partial charge in [0.25, 0.3) is 17.7 Å². The summed E-state index contributed by atoms with van der Waals surface area (Å²) in [4.78, 5) is 41.9. The van der Waals surface area contributed by atoms with Crippen molar-refractivity contribution in [3.8, 4) is 0 Å². The molecule has 3 rings (SSSR count). The highest BCUT2D eigenvalue weighted by Gasteiger charge is 2.27. The number of hydrogen-bond donors (Lipinski definition) is 3. The van der Waals surface area contributed by atoms with Crippen LogP contribution in [-0.2, 0) is 27.3 Å². The maximum atomic E-state index is 12.2. The molecular formula is C21H24N4O4S. The number of primary amides is 1. The predicted octanol–water partition coefficient (Wildman–Crippen LogP) is 2.86. The van der Waals surface area contributed by atoms with Gasteiger partial charge in [0.15, 0.2) is 6.61 Å².